The molecule has 1 aliphatic rings. The van der Waals surface area contributed by atoms with Gasteiger partial charge in [-0.05, 0) is 57.5 Å². The number of amides is 1. The van der Waals surface area contributed by atoms with Crippen LogP contribution in [-0.4, -0.2) is 63.3 Å². The quantitative estimate of drug-likeness (QED) is 0.518. The van der Waals surface area contributed by atoms with Crippen molar-refractivity contribution in [2.45, 2.75) is 45.3 Å². The Labute approximate surface area is 207 Å². The number of halogens is 3. The summed E-state index contributed by atoms with van der Waals surface area (Å²) in [6, 6.07) is 5.59. The van der Waals surface area contributed by atoms with Gasteiger partial charge >= 0.3 is 6.09 Å². The lowest BCUT2D eigenvalue weighted by molar-refractivity contribution is -0.00639. The molecule has 35 heavy (non-hydrogen) atoms. The third-order valence-corrected chi connectivity index (χ3v) is 5.96. The Bertz CT molecular complexity index is 1290. The zero-order valence-electron chi connectivity index (χ0n) is 20.4. The Morgan fingerprint density at radius 3 is 2.63 bits per heavy atom. The fourth-order valence-electron chi connectivity index (χ4n) is 4.12. The number of hydrogen-bond donors (Lipinski definition) is 1. The first-order valence-corrected chi connectivity index (χ1v) is 11.5. The summed E-state index contributed by atoms with van der Waals surface area (Å²) in [6.07, 6.45) is -0.772. The van der Waals surface area contributed by atoms with Crippen LogP contribution < -0.4 is 10.1 Å². The molecule has 0 saturated carbocycles. The van der Waals surface area contributed by atoms with Crippen LogP contribution in [0.3, 0.4) is 0 Å². The lowest BCUT2D eigenvalue weighted by Crippen LogP contribution is -2.38. The molecule has 188 valence electrons. The molecule has 0 radical (unpaired) electrons. The Morgan fingerprint density at radius 2 is 1.97 bits per heavy atom. The minimum atomic E-state index is -3.16. The molecule has 4 rings (SSSR count). The Kier molecular flexibility index (Phi) is 6.29. The van der Waals surface area contributed by atoms with Gasteiger partial charge in [-0.15, -0.1) is 0 Å². The van der Waals surface area contributed by atoms with Crippen molar-refractivity contribution in [3.63, 3.8) is 0 Å². The molecule has 3 aromatic rings. The van der Waals surface area contributed by atoms with E-state index in [-0.39, 0.29) is 12.4 Å². The Balaban J connectivity index is 1.61. The van der Waals surface area contributed by atoms with Crippen LogP contribution >= 0.6 is 11.6 Å². The molecule has 0 aliphatic carbocycles. The molecular weight excluding hydrogens is 480 g/mol. The topological polar surface area (TPSA) is 81.5 Å². The number of alkyl halides is 2. The van der Waals surface area contributed by atoms with Crippen LogP contribution in [0, 0.1) is 6.92 Å². The fraction of sp³-hybridized carbons (Fsp3) is 0.458. The first-order valence-electron chi connectivity index (χ1n) is 11.1. The molecule has 1 aromatic carbocycles. The number of nitrogens with zero attached hydrogens (tertiary/aromatic N) is 4. The van der Waals surface area contributed by atoms with Crippen LogP contribution in [0.4, 0.5) is 19.4 Å². The summed E-state index contributed by atoms with van der Waals surface area (Å²) < 4.78 is 42.1. The van der Waals surface area contributed by atoms with Crippen molar-refractivity contribution >= 4 is 34.7 Å². The number of aromatic nitrogens is 3. The number of carbonyl (C=O) groups excluding carboxylic acids is 1. The van der Waals surface area contributed by atoms with Gasteiger partial charge in [0.05, 0.1) is 31.3 Å². The van der Waals surface area contributed by atoms with Gasteiger partial charge in [0.25, 0.3) is 5.92 Å². The monoisotopic (exact) mass is 507 g/mol. The van der Waals surface area contributed by atoms with Gasteiger partial charge in [-0.1, -0.05) is 11.6 Å². The highest BCUT2D eigenvalue weighted by Crippen LogP contribution is 2.37. The number of methoxy groups -OCH3 is 1. The van der Waals surface area contributed by atoms with Gasteiger partial charge in [0, 0.05) is 12.1 Å². The van der Waals surface area contributed by atoms with Crippen LogP contribution in [0.15, 0.2) is 24.3 Å². The standard InChI is InChI=1S/C24H28ClF2N5O3/c1-13-9-14(25)10-16(34-6)19(13)21-30-20-15(31(21)5)7-8-18(29-20)28-17-11-32(12-24(17,26)27)22(33)35-23(2,3)4/h7-10,17H,11-12H2,1-6H3,(H,28,29). The van der Waals surface area contributed by atoms with Crippen molar-refractivity contribution in [2.24, 2.45) is 7.05 Å². The number of likely N-dealkylation sites (tertiary alicyclic amines) is 1. The van der Waals surface area contributed by atoms with Crippen molar-refractivity contribution < 1.29 is 23.0 Å². The van der Waals surface area contributed by atoms with Crippen molar-refractivity contribution in [1.29, 1.82) is 0 Å². The van der Waals surface area contributed by atoms with Gasteiger partial charge in [-0.2, -0.15) is 0 Å². The van der Waals surface area contributed by atoms with Crippen LogP contribution in [0.5, 0.6) is 5.75 Å². The van der Waals surface area contributed by atoms with E-state index >= 15 is 0 Å². The lowest BCUT2D eigenvalue weighted by Gasteiger charge is -2.24. The molecule has 1 amide bonds. The van der Waals surface area contributed by atoms with Crippen LogP contribution in [0.1, 0.15) is 26.3 Å². The van der Waals surface area contributed by atoms with E-state index in [4.69, 9.17) is 21.1 Å². The van der Waals surface area contributed by atoms with Gasteiger partial charge in [0.2, 0.25) is 0 Å². The maximum Gasteiger partial charge on any atom is 0.410 e. The van der Waals surface area contributed by atoms with E-state index < -0.39 is 30.2 Å². The molecule has 1 fully saturated rings. The molecule has 8 nitrogen and oxygen atoms in total. The minimum absolute atomic E-state index is 0.212. The number of anilines is 1. The summed E-state index contributed by atoms with van der Waals surface area (Å²) in [5, 5.41) is 3.32. The van der Waals surface area contributed by atoms with Crippen molar-refractivity contribution in [3.8, 4) is 17.1 Å². The largest absolute Gasteiger partial charge is 0.496 e. The van der Waals surface area contributed by atoms with E-state index in [0.717, 1.165) is 21.5 Å². The maximum atomic E-state index is 14.7. The summed E-state index contributed by atoms with van der Waals surface area (Å²) in [5.74, 6) is -1.74. The zero-order chi connectivity index (χ0) is 25.7. The smallest absolute Gasteiger partial charge is 0.410 e. The number of benzene rings is 1. The molecule has 3 heterocycles. The second-order valence-electron chi connectivity index (χ2n) is 9.65. The first-order chi connectivity index (χ1) is 16.3. The van der Waals surface area contributed by atoms with E-state index in [0.29, 0.717) is 22.2 Å². The third-order valence-electron chi connectivity index (χ3n) is 5.74. The second-order valence-corrected chi connectivity index (χ2v) is 10.1. The van der Waals surface area contributed by atoms with E-state index in [2.05, 4.69) is 15.3 Å². The molecule has 1 saturated heterocycles. The van der Waals surface area contributed by atoms with E-state index in [1.807, 2.05) is 24.6 Å². The summed E-state index contributed by atoms with van der Waals surface area (Å²) in [4.78, 5) is 22.4. The van der Waals surface area contributed by atoms with Crippen LogP contribution in [-0.2, 0) is 11.8 Å². The van der Waals surface area contributed by atoms with E-state index in [1.54, 1.807) is 46.1 Å². The number of carbonyl (C=O) groups is 1. The average Bonchev–Trinajstić information content (AvgIpc) is 3.22. The van der Waals surface area contributed by atoms with Gasteiger partial charge in [-0.3, -0.25) is 4.90 Å². The molecule has 1 atom stereocenters. The number of nitrogens with one attached hydrogen (secondary N) is 1. The number of pyridine rings is 1. The zero-order valence-corrected chi connectivity index (χ0v) is 21.2. The van der Waals surface area contributed by atoms with Crippen molar-refractivity contribution in [2.75, 3.05) is 25.5 Å². The molecule has 2 aromatic heterocycles. The third kappa shape index (κ3) is 4.98. The molecule has 1 aliphatic heterocycles. The summed E-state index contributed by atoms with van der Waals surface area (Å²) in [6.45, 7) is 6.03. The lowest BCUT2D eigenvalue weighted by atomic mass is 10.1. The summed E-state index contributed by atoms with van der Waals surface area (Å²) in [7, 11) is 3.40. The van der Waals surface area contributed by atoms with Crippen molar-refractivity contribution in [3.05, 3.63) is 34.9 Å². The Hall–Kier alpha value is -3.14. The predicted molar refractivity (Wildman–Crippen MR) is 130 cm³/mol. The molecule has 0 spiro atoms. The summed E-state index contributed by atoms with van der Waals surface area (Å²) in [5.41, 5.74) is 1.97. The first kappa shape index (κ1) is 25.0. The van der Waals surface area contributed by atoms with Gasteiger partial charge < -0.3 is 19.4 Å². The van der Waals surface area contributed by atoms with Crippen LogP contribution in [0.2, 0.25) is 5.02 Å². The molecule has 0 bridgehead atoms. The highest BCUT2D eigenvalue weighted by Gasteiger charge is 2.50. The number of ether oxygens (including phenoxy) is 2. The fourth-order valence-corrected chi connectivity index (χ4v) is 4.38. The molecule has 1 N–H and O–H groups in total. The number of fused-ring (bicyclic) bond motifs is 1. The average molecular weight is 508 g/mol. The predicted octanol–water partition coefficient (Wildman–Crippen LogP) is 5.27. The second kappa shape index (κ2) is 8.82. The van der Waals surface area contributed by atoms with Gasteiger partial charge in [0.1, 0.15) is 29.0 Å². The van der Waals surface area contributed by atoms with Crippen LogP contribution in [0.25, 0.3) is 22.6 Å². The highest BCUT2D eigenvalue weighted by molar-refractivity contribution is 6.31. The number of imidazole rings is 1. The number of aryl methyl sites for hydroxylation is 2. The minimum Gasteiger partial charge on any atom is -0.496 e. The molecule has 1 unspecified atom stereocenters. The normalized spacial score (nSPS) is 17.6. The van der Waals surface area contributed by atoms with E-state index in [1.165, 1.54) is 0 Å². The Morgan fingerprint density at radius 1 is 1.26 bits per heavy atom. The maximum absolute atomic E-state index is 14.7. The highest BCUT2D eigenvalue weighted by atomic mass is 35.5. The molecular formula is C24H28ClF2N5O3. The summed E-state index contributed by atoms with van der Waals surface area (Å²) >= 11 is 6.17. The van der Waals surface area contributed by atoms with Gasteiger partial charge in [0.15, 0.2) is 5.65 Å². The van der Waals surface area contributed by atoms with Crippen molar-refractivity contribution in [1.82, 2.24) is 19.4 Å². The number of hydrogen-bond acceptors (Lipinski definition) is 6. The van der Waals surface area contributed by atoms with E-state index in [9.17, 15) is 13.6 Å². The van der Waals surface area contributed by atoms with Gasteiger partial charge in [-0.25, -0.2) is 23.5 Å². The SMILES string of the molecule is COc1cc(Cl)cc(C)c1-c1nc2nc(NC3CN(C(=O)OC(C)(C)C)CC3(F)F)ccc2n1C. The number of rotatable bonds is 4. The molecule has 11 heteroatoms.